The first-order valence-electron chi connectivity index (χ1n) is 6.44. The molecule has 0 bridgehead atoms. The van der Waals surface area contributed by atoms with Crippen molar-refractivity contribution < 1.29 is 8.42 Å². The molecule has 1 aromatic carbocycles. The van der Waals surface area contributed by atoms with Crippen molar-refractivity contribution in [1.29, 1.82) is 0 Å². The molecule has 0 unspecified atom stereocenters. The molecule has 1 heterocycles. The van der Waals surface area contributed by atoms with Crippen molar-refractivity contribution in [2.75, 3.05) is 5.73 Å². The fourth-order valence-corrected chi connectivity index (χ4v) is 3.79. The number of sulfone groups is 1. The van der Waals surface area contributed by atoms with Gasteiger partial charge in [-0.1, -0.05) is 13.0 Å². The van der Waals surface area contributed by atoms with Gasteiger partial charge in [-0.2, -0.15) is 5.10 Å². The molecule has 0 saturated heterocycles. The van der Waals surface area contributed by atoms with Gasteiger partial charge in [-0.25, -0.2) is 8.42 Å². The quantitative estimate of drug-likeness (QED) is 0.873. The van der Waals surface area contributed by atoms with Crippen LogP contribution in [0, 0.1) is 6.92 Å². The molecule has 0 spiro atoms. The fraction of sp³-hybridized carbons (Fsp3) is 0.357. The van der Waals surface area contributed by atoms with Gasteiger partial charge >= 0.3 is 0 Å². The average molecular weight is 293 g/mol. The Morgan fingerprint density at radius 3 is 2.60 bits per heavy atom. The zero-order chi connectivity index (χ0) is 14.9. The van der Waals surface area contributed by atoms with Crippen LogP contribution in [0.2, 0.25) is 0 Å². The van der Waals surface area contributed by atoms with Crippen molar-refractivity contribution in [2.45, 2.75) is 30.9 Å². The van der Waals surface area contributed by atoms with Crippen molar-refractivity contribution in [3.05, 3.63) is 41.2 Å². The van der Waals surface area contributed by atoms with Crippen LogP contribution in [-0.2, 0) is 29.1 Å². The lowest BCUT2D eigenvalue weighted by molar-refractivity contribution is 0.591. The average Bonchev–Trinajstić information content (AvgIpc) is 2.72. The number of nitrogens with zero attached hydrogens (tertiary/aromatic N) is 2. The van der Waals surface area contributed by atoms with Crippen LogP contribution in [0.5, 0.6) is 0 Å². The lowest BCUT2D eigenvalue weighted by Gasteiger charge is -2.08. The molecule has 20 heavy (non-hydrogen) atoms. The van der Waals surface area contributed by atoms with Gasteiger partial charge in [0.25, 0.3) is 0 Å². The van der Waals surface area contributed by atoms with E-state index in [0.717, 1.165) is 12.1 Å². The minimum Gasteiger partial charge on any atom is -0.399 e. The van der Waals surface area contributed by atoms with Crippen molar-refractivity contribution >= 4 is 15.5 Å². The summed E-state index contributed by atoms with van der Waals surface area (Å²) >= 11 is 0. The highest BCUT2D eigenvalue weighted by atomic mass is 32.2. The Morgan fingerprint density at radius 1 is 1.30 bits per heavy atom. The zero-order valence-electron chi connectivity index (χ0n) is 11.9. The van der Waals surface area contributed by atoms with Gasteiger partial charge in [-0.3, -0.25) is 4.68 Å². The standard InChI is InChI=1S/C14H19N3O2S/c1-4-12-8-13(17(3)16-12)9-20(18,19)14-7-11(15)6-5-10(14)2/h5-8H,4,9,15H2,1-3H3. The van der Waals surface area contributed by atoms with Gasteiger partial charge in [-0.05, 0) is 37.1 Å². The summed E-state index contributed by atoms with van der Waals surface area (Å²) in [4.78, 5) is 0.289. The molecule has 108 valence electrons. The predicted molar refractivity (Wildman–Crippen MR) is 79.1 cm³/mol. The number of hydrogen-bond donors (Lipinski definition) is 1. The Kier molecular flexibility index (Phi) is 3.85. The summed E-state index contributed by atoms with van der Waals surface area (Å²) in [5.74, 6) is -0.0687. The van der Waals surface area contributed by atoms with E-state index in [4.69, 9.17) is 5.73 Å². The first-order chi connectivity index (χ1) is 9.33. The van der Waals surface area contributed by atoms with E-state index in [1.54, 1.807) is 30.8 Å². The molecule has 1 aromatic heterocycles. The number of aryl methyl sites for hydroxylation is 3. The molecule has 0 radical (unpaired) electrons. The van der Waals surface area contributed by atoms with Crippen LogP contribution in [0.25, 0.3) is 0 Å². The Morgan fingerprint density at radius 2 is 2.00 bits per heavy atom. The molecule has 2 N–H and O–H groups in total. The van der Waals surface area contributed by atoms with Crippen molar-refractivity contribution in [3.63, 3.8) is 0 Å². The van der Waals surface area contributed by atoms with E-state index in [2.05, 4.69) is 5.10 Å². The summed E-state index contributed by atoms with van der Waals surface area (Å²) in [5.41, 5.74) is 8.42. The first kappa shape index (κ1) is 14.6. The summed E-state index contributed by atoms with van der Waals surface area (Å²) in [6.45, 7) is 3.76. The van der Waals surface area contributed by atoms with Gasteiger partial charge in [-0.15, -0.1) is 0 Å². The Bertz CT molecular complexity index is 733. The van der Waals surface area contributed by atoms with Crippen LogP contribution >= 0.6 is 0 Å². The number of nitrogen functional groups attached to an aromatic ring is 1. The zero-order valence-corrected chi connectivity index (χ0v) is 12.7. The third-order valence-corrected chi connectivity index (χ3v) is 5.06. The number of hydrogen-bond acceptors (Lipinski definition) is 4. The van der Waals surface area contributed by atoms with Gasteiger partial charge in [0.05, 0.1) is 22.0 Å². The second kappa shape index (κ2) is 5.28. The number of rotatable bonds is 4. The van der Waals surface area contributed by atoms with Crippen LogP contribution in [-0.4, -0.2) is 18.2 Å². The first-order valence-corrected chi connectivity index (χ1v) is 8.09. The Hall–Kier alpha value is -1.82. The largest absolute Gasteiger partial charge is 0.399 e. The van der Waals surface area contributed by atoms with E-state index >= 15 is 0 Å². The fourth-order valence-electron chi connectivity index (χ4n) is 2.10. The molecular formula is C14H19N3O2S. The molecule has 5 nitrogen and oxygen atoms in total. The number of aromatic nitrogens is 2. The van der Waals surface area contributed by atoms with Crippen molar-refractivity contribution in [1.82, 2.24) is 9.78 Å². The molecule has 0 aliphatic rings. The van der Waals surface area contributed by atoms with E-state index in [1.165, 1.54) is 6.07 Å². The van der Waals surface area contributed by atoms with Crippen molar-refractivity contribution in [2.24, 2.45) is 7.05 Å². The number of benzene rings is 1. The maximum absolute atomic E-state index is 12.5. The normalized spacial score (nSPS) is 11.8. The summed E-state index contributed by atoms with van der Waals surface area (Å²) in [6, 6.07) is 6.78. The Balaban J connectivity index is 2.40. The highest BCUT2D eigenvalue weighted by molar-refractivity contribution is 7.90. The monoisotopic (exact) mass is 293 g/mol. The summed E-state index contributed by atoms with van der Waals surface area (Å²) < 4.78 is 26.7. The van der Waals surface area contributed by atoms with Crippen LogP contribution in [0.4, 0.5) is 5.69 Å². The number of nitrogens with two attached hydrogens (primary N) is 1. The topological polar surface area (TPSA) is 78.0 Å². The SMILES string of the molecule is CCc1cc(CS(=O)(=O)c2cc(N)ccc2C)n(C)n1. The molecule has 0 amide bonds. The summed E-state index contributed by atoms with van der Waals surface area (Å²) in [6.07, 6.45) is 0.783. The van der Waals surface area contributed by atoms with E-state index < -0.39 is 9.84 Å². The second-order valence-corrected chi connectivity index (χ2v) is 6.85. The van der Waals surface area contributed by atoms with Gasteiger partial charge in [0, 0.05) is 12.7 Å². The lowest BCUT2D eigenvalue weighted by Crippen LogP contribution is -2.10. The second-order valence-electron chi connectivity index (χ2n) is 4.89. The Labute approximate surface area is 119 Å². The molecule has 0 aliphatic carbocycles. The van der Waals surface area contributed by atoms with Gasteiger partial charge < -0.3 is 5.73 Å². The van der Waals surface area contributed by atoms with Crippen LogP contribution in [0.1, 0.15) is 23.9 Å². The minimum atomic E-state index is -3.42. The minimum absolute atomic E-state index is 0.0687. The smallest absolute Gasteiger partial charge is 0.184 e. The summed E-state index contributed by atoms with van der Waals surface area (Å²) in [7, 11) is -1.66. The van der Waals surface area contributed by atoms with E-state index in [1.807, 2.05) is 13.0 Å². The van der Waals surface area contributed by atoms with Crippen LogP contribution < -0.4 is 5.73 Å². The molecule has 2 aromatic rings. The molecule has 0 aliphatic heterocycles. The predicted octanol–water partition coefficient (Wildman–Crippen LogP) is 1.85. The number of anilines is 1. The molecule has 0 fully saturated rings. The highest BCUT2D eigenvalue weighted by Crippen LogP contribution is 2.22. The van der Waals surface area contributed by atoms with E-state index in [9.17, 15) is 8.42 Å². The van der Waals surface area contributed by atoms with Crippen LogP contribution in [0.3, 0.4) is 0 Å². The van der Waals surface area contributed by atoms with Crippen molar-refractivity contribution in [3.8, 4) is 0 Å². The van der Waals surface area contributed by atoms with E-state index in [0.29, 0.717) is 16.9 Å². The van der Waals surface area contributed by atoms with Gasteiger partial charge in [0.15, 0.2) is 9.84 Å². The third kappa shape index (κ3) is 2.85. The van der Waals surface area contributed by atoms with Crippen LogP contribution in [0.15, 0.2) is 29.2 Å². The third-order valence-electron chi connectivity index (χ3n) is 3.27. The molecule has 6 heteroatoms. The summed E-state index contributed by atoms with van der Waals surface area (Å²) in [5, 5.41) is 4.27. The van der Waals surface area contributed by atoms with Gasteiger partial charge in [0.1, 0.15) is 0 Å². The molecule has 0 saturated carbocycles. The highest BCUT2D eigenvalue weighted by Gasteiger charge is 2.20. The lowest BCUT2D eigenvalue weighted by atomic mass is 10.2. The van der Waals surface area contributed by atoms with Gasteiger partial charge in [0.2, 0.25) is 0 Å². The molecule has 0 atom stereocenters. The maximum Gasteiger partial charge on any atom is 0.184 e. The maximum atomic E-state index is 12.5. The molecule has 2 rings (SSSR count). The molecular weight excluding hydrogens is 274 g/mol. The van der Waals surface area contributed by atoms with E-state index in [-0.39, 0.29) is 10.6 Å².